The van der Waals surface area contributed by atoms with E-state index in [1.165, 1.54) is 19.4 Å². The standard InChI is InChI=1S/C27H34ClN6O4P/c1-7-25(35)30-18-9-12-23(37-4)22(15-18)32-27-29-17-20(28)26(33-27)31-21-11-10-19(16-24(21)39(5,6)36)38-14-8-13-34(2)3/h7,9-12,15-17H,1,8,13-14H2,2-6H3,(H,30,35)(H2,29,31,32,33). The van der Waals surface area contributed by atoms with Crippen molar-refractivity contribution >= 4 is 58.8 Å². The lowest BCUT2D eigenvalue weighted by Gasteiger charge is -2.18. The first-order valence-electron chi connectivity index (χ1n) is 12.2. The molecule has 3 rings (SSSR count). The maximum atomic E-state index is 13.2. The van der Waals surface area contributed by atoms with Crippen LogP contribution in [0.3, 0.4) is 0 Å². The molecule has 1 amide bonds. The van der Waals surface area contributed by atoms with E-state index in [0.29, 0.717) is 46.3 Å². The number of carbonyl (C=O) groups is 1. The SMILES string of the molecule is C=CC(=O)Nc1ccc(OC)c(Nc2ncc(Cl)c(Nc3ccc(OCCCN(C)C)cc3P(C)(C)=O)n2)c1. The summed E-state index contributed by atoms with van der Waals surface area (Å²) in [5.41, 5.74) is 1.66. The third-order valence-electron chi connectivity index (χ3n) is 5.46. The Balaban J connectivity index is 1.86. The van der Waals surface area contributed by atoms with Crippen molar-refractivity contribution in [3.8, 4) is 11.5 Å². The minimum Gasteiger partial charge on any atom is -0.495 e. The largest absolute Gasteiger partial charge is 0.495 e. The Morgan fingerprint density at radius 3 is 2.59 bits per heavy atom. The van der Waals surface area contributed by atoms with Gasteiger partial charge in [-0.15, -0.1) is 0 Å². The highest BCUT2D eigenvalue weighted by Crippen LogP contribution is 2.40. The average molecular weight is 573 g/mol. The van der Waals surface area contributed by atoms with Crippen LogP contribution in [0.1, 0.15) is 6.42 Å². The average Bonchev–Trinajstić information content (AvgIpc) is 2.88. The van der Waals surface area contributed by atoms with Crippen molar-refractivity contribution < 1.29 is 18.8 Å². The number of nitrogens with zero attached hydrogens (tertiary/aromatic N) is 3. The van der Waals surface area contributed by atoms with Crippen molar-refractivity contribution in [3.63, 3.8) is 0 Å². The number of aromatic nitrogens is 2. The van der Waals surface area contributed by atoms with Crippen LogP contribution in [0.5, 0.6) is 11.5 Å². The molecule has 12 heteroatoms. The number of methoxy groups -OCH3 is 1. The topological polar surface area (TPSA) is 118 Å². The molecule has 0 fully saturated rings. The molecule has 1 aromatic heterocycles. The Labute approximate surface area is 234 Å². The predicted molar refractivity (Wildman–Crippen MR) is 160 cm³/mol. The van der Waals surface area contributed by atoms with Gasteiger partial charge in [0, 0.05) is 17.5 Å². The van der Waals surface area contributed by atoms with E-state index >= 15 is 0 Å². The summed E-state index contributed by atoms with van der Waals surface area (Å²) in [5, 5.41) is 9.89. The van der Waals surface area contributed by atoms with Gasteiger partial charge in [0.25, 0.3) is 0 Å². The van der Waals surface area contributed by atoms with Gasteiger partial charge >= 0.3 is 0 Å². The first-order chi connectivity index (χ1) is 18.5. The summed E-state index contributed by atoms with van der Waals surface area (Å²) in [6.45, 7) is 8.32. The zero-order chi connectivity index (χ0) is 28.6. The quantitative estimate of drug-likeness (QED) is 0.142. The summed E-state index contributed by atoms with van der Waals surface area (Å²) in [7, 11) is 2.86. The Hall–Kier alpha value is -3.59. The number of rotatable bonds is 13. The van der Waals surface area contributed by atoms with Gasteiger partial charge in [-0.3, -0.25) is 4.79 Å². The summed E-state index contributed by atoms with van der Waals surface area (Å²) in [5.74, 6) is 1.36. The van der Waals surface area contributed by atoms with Crippen LogP contribution in [0.2, 0.25) is 5.02 Å². The highest BCUT2D eigenvalue weighted by atomic mass is 35.5. The first-order valence-corrected chi connectivity index (χ1v) is 15.1. The highest BCUT2D eigenvalue weighted by molar-refractivity contribution is 7.70. The van der Waals surface area contributed by atoms with Crippen LogP contribution >= 0.6 is 18.7 Å². The molecule has 3 aromatic rings. The van der Waals surface area contributed by atoms with Crippen LogP contribution in [0.25, 0.3) is 0 Å². The lowest BCUT2D eigenvalue weighted by Crippen LogP contribution is -2.16. The van der Waals surface area contributed by atoms with E-state index in [1.807, 2.05) is 20.2 Å². The summed E-state index contributed by atoms with van der Waals surface area (Å²) in [6.07, 6.45) is 3.51. The van der Waals surface area contributed by atoms with Crippen LogP contribution in [-0.4, -0.2) is 68.5 Å². The van der Waals surface area contributed by atoms with Crippen LogP contribution in [0.15, 0.2) is 55.3 Å². The van der Waals surface area contributed by atoms with Gasteiger partial charge < -0.3 is 34.9 Å². The Bertz CT molecular complexity index is 1380. The number of halogens is 1. The molecule has 0 saturated heterocycles. The van der Waals surface area contributed by atoms with Crippen LogP contribution in [-0.2, 0) is 9.36 Å². The number of anilines is 5. The molecular weight excluding hydrogens is 539 g/mol. The molecule has 0 atom stereocenters. The van der Waals surface area contributed by atoms with E-state index in [9.17, 15) is 9.36 Å². The molecule has 0 aliphatic carbocycles. The van der Waals surface area contributed by atoms with E-state index in [0.717, 1.165) is 13.0 Å². The number of ether oxygens (including phenoxy) is 2. The van der Waals surface area contributed by atoms with Gasteiger partial charge in [0.1, 0.15) is 23.7 Å². The molecular formula is C27H34ClN6O4P. The lowest BCUT2D eigenvalue weighted by molar-refractivity contribution is -0.111. The number of hydrogen-bond acceptors (Lipinski definition) is 9. The van der Waals surface area contributed by atoms with Crippen molar-refractivity contribution in [3.05, 3.63) is 60.3 Å². The second-order valence-electron chi connectivity index (χ2n) is 9.28. The highest BCUT2D eigenvalue weighted by Gasteiger charge is 2.19. The molecule has 0 saturated carbocycles. The van der Waals surface area contributed by atoms with E-state index in [2.05, 4.69) is 37.4 Å². The molecule has 10 nitrogen and oxygen atoms in total. The zero-order valence-corrected chi connectivity index (χ0v) is 24.4. The smallest absolute Gasteiger partial charge is 0.247 e. The fourth-order valence-corrected chi connectivity index (χ4v) is 4.85. The number of benzene rings is 2. The second kappa shape index (κ2) is 13.5. The van der Waals surface area contributed by atoms with Crippen molar-refractivity contribution in [2.45, 2.75) is 6.42 Å². The Morgan fingerprint density at radius 2 is 1.92 bits per heavy atom. The van der Waals surface area contributed by atoms with Crippen molar-refractivity contribution in [1.82, 2.24) is 14.9 Å². The fourth-order valence-electron chi connectivity index (χ4n) is 3.56. The minimum atomic E-state index is -2.70. The molecule has 0 radical (unpaired) electrons. The summed E-state index contributed by atoms with van der Waals surface area (Å²) in [4.78, 5) is 22.6. The van der Waals surface area contributed by atoms with Crippen molar-refractivity contribution in [2.75, 3.05) is 63.6 Å². The van der Waals surface area contributed by atoms with E-state index in [-0.39, 0.29) is 16.9 Å². The number of carbonyl (C=O) groups excluding carboxylic acids is 1. The van der Waals surface area contributed by atoms with E-state index < -0.39 is 7.14 Å². The molecule has 2 aromatic carbocycles. The van der Waals surface area contributed by atoms with Gasteiger partial charge in [0.15, 0.2) is 5.82 Å². The second-order valence-corrected chi connectivity index (χ2v) is 12.9. The van der Waals surface area contributed by atoms with Gasteiger partial charge in [-0.1, -0.05) is 18.2 Å². The maximum Gasteiger partial charge on any atom is 0.247 e. The van der Waals surface area contributed by atoms with E-state index in [1.54, 1.807) is 43.7 Å². The normalized spacial score (nSPS) is 11.2. The molecule has 3 N–H and O–H groups in total. The monoisotopic (exact) mass is 572 g/mol. The summed E-state index contributed by atoms with van der Waals surface area (Å²) in [6, 6.07) is 10.5. The minimum absolute atomic E-state index is 0.228. The molecule has 0 spiro atoms. The molecule has 39 heavy (non-hydrogen) atoms. The molecule has 0 aliphatic rings. The predicted octanol–water partition coefficient (Wildman–Crippen LogP) is 5.33. The van der Waals surface area contributed by atoms with Crippen LogP contribution in [0, 0.1) is 0 Å². The van der Waals surface area contributed by atoms with Crippen LogP contribution < -0.4 is 30.7 Å². The first kappa shape index (κ1) is 30.0. The van der Waals surface area contributed by atoms with Gasteiger partial charge in [0.2, 0.25) is 11.9 Å². The Kier molecular flexibility index (Phi) is 10.3. The summed E-state index contributed by atoms with van der Waals surface area (Å²) < 4.78 is 24.5. The number of amides is 1. The third kappa shape index (κ3) is 8.71. The zero-order valence-electron chi connectivity index (χ0n) is 22.7. The molecule has 208 valence electrons. The number of nitrogens with one attached hydrogen (secondary N) is 3. The van der Waals surface area contributed by atoms with Gasteiger partial charge in [-0.25, -0.2) is 4.98 Å². The lowest BCUT2D eigenvalue weighted by atomic mass is 10.2. The number of hydrogen-bond donors (Lipinski definition) is 3. The van der Waals surface area contributed by atoms with E-state index in [4.69, 9.17) is 21.1 Å². The van der Waals surface area contributed by atoms with Crippen molar-refractivity contribution in [2.24, 2.45) is 0 Å². The third-order valence-corrected chi connectivity index (χ3v) is 7.27. The molecule has 0 unspecified atom stereocenters. The Morgan fingerprint density at radius 1 is 1.15 bits per heavy atom. The van der Waals surface area contributed by atoms with Crippen molar-refractivity contribution in [1.29, 1.82) is 0 Å². The molecule has 1 heterocycles. The maximum absolute atomic E-state index is 13.2. The van der Waals surface area contributed by atoms with Gasteiger partial charge in [-0.2, -0.15) is 4.98 Å². The fraction of sp³-hybridized carbons (Fsp3) is 0.296. The summed E-state index contributed by atoms with van der Waals surface area (Å²) >= 11 is 6.42. The van der Waals surface area contributed by atoms with Gasteiger partial charge in [0.05, 0.1) is 31.3 Å². The van der Waals surface area contributed by atoms with Gasteiger partial charge in [-0.05, 0) is 76.3 Å². The molecule has 0 bridgehead atoms. The molecule has 0 aliphatic heterocycles. The van der Waals surface area contributed by atoms with Crippen LogP contribution in [0.4, 0.5) is 28.8 Å².